The van der Waals surface area contributed by atoms with Gasteiger partial charge in [-0.25, -0.2) is 4.39 Å². The molecule has 2 aromatic carbocycles. The molecule has 3 aromatic rings. The topological polar surface area (TPSA) is 61.7 Å². The van der Waals surface area contributed by atoms with E-state index in [0.29, 0.717) is 44.1 Å². The van der Waals surface area contributed by atoms with Gasteiger partial charge in [0, 0.05) is 39.8 Å². The van der Waals surface area contributed by atoms with Crippen LogP contribution in [0.4, 0.5) is 10.1 Å². The van der Waals surface area contributed by atoms with Gasteiger partial charge in [0.25, 0.3) is 5.56 Å². The van der Waals surface area contributed by atoms with Crippen LogP contribution in [0.3, 0.4) is 0 Å². The second kappa shape index (κ2) is 10.4. The highest BCUT2D eigenvalue weighted by Crippen LogP contribution is 2.24. The molecule has 0 radical (unpaired) electrons. The zero-order valence-electron chi connectivity index (χ0n) is 19.2. The van der Waals surface area contributed by atoms with Gasteiger partial charge < -0.3 is 9.80 Å². The summed E-state index contributed by atoms with van der Waals surface area (Å²) in [6.07, 6.45) is 1.62. The van der Waals surface area contributed by atoms with Gasteiger partial charge in [-0.15, -0.1) is 0 Å². The third kappa shape index (κ3) is 5.13. The first-order valence-corrected chi connectivity index (χ1v) is 11.5. The number of para-hydroxylation sites is 1. The summed E-state index contributed by atoms with van der Waals surface area (Å²) in [5.41, 5.74) is 1.64. The van der Waals surface area contributed by atoms with Crippen LogP contribution in [0.25, 0.3) is 5.69 Å². The lowest BCUT2D eigenvalue weighted by Gasteiger charge is -2.39. The lowest BCUT2D eigenvalue weighted by atomic mass is 10.1. The molecule has 0 saturated carbocycles. The summed E-state index contributed by atoms with van der Waals surface area (Å²) in [5, 5.41) is 4.44. The number of nitrogens with zero attached hydrogens (tertiary/aromatic N) is 5. The minimum absolute atomic E-state index is 0.0251. The van der Waals surface area contributed by atoms with E-state index in [2.05, 4.69) is 10.00 Å². The van der Waals surface area contributed by atoms with E-state index in [0.717, 1.165) is 5.56 Å². The number of rotatable bonds is 6. The normalized spacial score (nSPS) is 15.2. The van der Waals surface area contributed by atoms with Crippen LogP contribution in [0.5, 0.6) is 0 Å². The van der Waals surface area contributed by atoms with E-state index < -0.39 is 0 Å². The Balaban J connectivity index is 1.38. The Morgan fingerprint density at radius 3 is 2.50 bits per heavy atom. The van der Waals surface area contributed by atoms with Gasteiger partial charge in [0.15, 0.2) is 0 Å². The fraction of sp³-hybridized carbons (Fsp3) is 0.320. The van der Waals surface area contributed by atoms with E-state index in [1.165, 1.54) is 16.8 Å². The quantitative estimate of drug-likeness (QED) is 0.539. The number of hydrogen-bond donors (Lipinski definition) is 0. The SMILES string of the molecule is CC(C(=O)N(C)Cc1cccc(F)c1)N1CCN(c2cnn(-c3ccccc3)c(=O)c2Cl)CC1. The molecule has 1 atom stereocenters. The molecule has 9 heteroatoms. The highest BCUT2D eigenvalue weighted by Gasteiger charge is 2.29. The van der Waals surface area contributed by atoms with Crippen LogP contribution in [-0.2, 0) is 11.3 Å². The van der Waals surface area contributed by atoms with Gasteiger partial charge >= 0.3 is 0 Å². The number of piperazine rings is 1. The number of amides is 1. The third-order valence-corrected chi connectivity index (χ3v) is 6.50. The summed E-state index contributed by atoms with van der Waals surface area (Å²) >= 11 is 6.44. The van der Waals surface area contributed by atoms with Crippen molar-refractivity contribution in [3.8, 4) is 5.69 Å². The zero-order valence-corrected chi connectivity index (χ0v) is 20.0. The molecule has 4 rings (SSSR count). The Morgan fingerprint density at radius 2 is 1.82 bits per heavy atom. The molecule has 0 N–H and O–H groups in total. The number of halogens is 2. The van der Waals surface area contributed by atoms with Gasteiger partial charge in [-0.3, -0.25) is 14.5 Å². The lowest BCUT2D eigenvalue weighted by molar-refractivity contribution is -0.135. The van der Waals surface area contributed by atoms with Crippen molar-refractivity contribution in [2.45, 2.75) is 19.5 Å². The Morgan fingerprint density at radius 1 is 1.12 bits per heavy atom. The fourth-order valence-electron chi connectivity index (χ4n) is 4.21. The summed E-state index contributed by atoms with van der Waals surface area (Å²) in [4.78, 5) is 31.5. The van der Waals surface area contributed by atoms with Crippen LogP contribution >= 0.6 is 11.6 Å². The minimum Gasteiger partial charge on any atom is -0.366 e. The van der Waals surface area contributed by atoms with Crippen LogP contribution in [0.1, 0.15) is 12.5 Å². The van der Waals surface area contributed by atoms with E-state index in [1.807, 2.05) is 30.0 Å². The van der Waals surface area contributed by atoms with E-state index >= 15 is 0 Å². The van der Waals surface area contributed by atoms with Crippen molar-refractivity contribution in [1.82, 2.24) is 19.6 Å². The molecule has 1 unspecified atom stereocenters. The van der Waals surface area contributed by atoms with Crippen molar-refractivity contribution in [2.24, 2.45) is 0 Å². The third-order valence-electron chi connectivity index (χ3n) is 6.15. The smallest absolute Gasteiger partial charge is 0.292 e. The van der Waals surface area contributed by atoms with Crippen molar-refractivity contribution < 1.29 is 9.18 Å². The van der Waals surface area contributed by atoms with Gasteiger partial charge in [-0.2, -0.15) is 9.78 Å². The molecule has 1 aliphatic heterocycles. The average Bonchev–Trinajstić information content (AvgIpc) is 2.85. The largest absolute Gasteiger partial charge is 0.366 e. The standard InChI is InChI=1S/C25H27ClFN5O2/c1-18(24(33)29(2)17-19-7-6-8-20(27)15-19)30-11-13-31(14-12-30)22-16-28-32(25(34)23(22)26)21-9-4-3-5-10-21/h3-10,15-16,18H,11-14,17H2,1-2H3. The van der Waals surface area contributed by atoms with Crippen molar-refractivity contribution in [1.29, 1.82) is 0 Å². The van der Waals surface area contributed by atoms with E-state index in [-0.39, 0.29) is 28.3 Å². The van der Waals surface area contributed by atoms with Crippen LogP contribution in [0, 0.1) is 5.82 Å². The maximum absolute atomic E-state index is 13.5. The first kappa shape index (κ1) is 23.9. The van der Waals surface area contributed by atoms with Crippen molar-refractivity contribution >= 4 is 23.2 Å². The number of carbonyl (C=O) groups is 1. The molecule has 1 fully saturated rings. The molecule has 1 aliphatic rings. The number of anilines is 1. The summed E-state index contributed by atoms with van der Waals surface area (Å²) in [7, 11) is 1.73. The predicted octanol–water partition coefficient (Wildman–Crippen LogP) is 3.19. The number of benzene rings is 2. The Hall–Kier alpha value is -3.23. The van der Waals surface area contributed by atoms with Crippen LogP contribution < -0.4 is 10.5 Å². The monoisotopic (exact) mass is 483 g/mol. The maximum Gasteiger partial charge on any atom is 0.292 e. The van der Waals surface area contributed by atoms with Gasteiger partial charge in [0.05, 0.1) is 23.6 Å². The number of hydrogen-bond acceptors (Lipinski definition) is 5. The molecule has 1 amide bonds. The molecule has 2 heterocycles. The molecule has 1 saturated heterocycles. The molecule has 0 spiro atoms. The summed E-state index contributed by atoms with van der Waals surface area (Å²) in [6.45, 7) is 4.73. The second-order valence-electron chi connectivity index (χ2n) is 8.42. The van der Waals surface area contributed by atoms with Crippen molar-refractivity contribution in [2.75, 3.05) is 38.1 Å². The molecule has 1 aromatic heterocycles. The van der Waals surface area contributed by atoms with E-state index in [9.17, 15) is 14.0 Å². The Kier molecular flexibility index (Phi) is 7.29. The Labute approximate surface area is 203 Å². The number of likely N-dealkylation sites (N-methyl/N-ethyl adjacent to an activating group) is 1. The van der Waals surface area contributed by atoms with E-state index in [1.54, 1.807) is 42.4 Å². The summed E-state index contributed by atoms with van der Waals surface area (Å²) < 4.78 is 14.7. The van der Waals surface area contributed by atoms with Gasteiger partial charge in [0.2, 0.25) is 5.91 Å². The average molecular weight is 484 g/mol. The van der Waals surface area contributed by atoms with Gasteiger partial charge in [-0.05, 0) is 36.8 Å². The fourth-order valence-corrected chi connectivity index (χ4v) is 4.46. The van der Waals surface area contributed by atoms with Gasteiger partial charge in [0.1, 0.15) is 10.8 Å². The van der Waals surface area contributed by atoms with Crippen LogP contribution in [0.15, 0.2) is 65.6 Å². The molecular weight excluding hydrogens is 457 g/mol. The number of aromatic nitrogens is 2. The van der Waals surface area contributed by atoms with Gasteiger partial charge in [-0.1, -0.05) is 41.9 Å². The first-order valence-electron chi connectivity index (χ1n) is 11.2. The maximum atomic E-state index is 13.5. The lowest BCUT2D eigenvalue weighted by Crippen LogP contribution is -2.54. The van der Waals surface area contributed by atoms with Crippen LogP contribution in [-0.4, -0.2) is 64.8 Å². The highest BCUT2D eigenvalue weighted by atomic mass is 35.5. The highest BCUT2D eigenvalue weighted by molar-refractivity contribution is 6.33. The molecule has 178 valence electrons. The molecule has 0 bridgehead atoms. The van der Waals surface area contributed by atoms with Crippen molar-refractivity contribution in [3.05, 3.63) is 87.6 Å². The molecule has 0 aliphatic carbocycles. The minimum atomic E-state index is -0.365. The molecule has 7 nitrogen and oxygen atoms in total. The predicted molar refractivity (Wildman–Crippen MR) is 131 cm³/mol. The van der Waals surface area contributed by atoms with Crippen LogP contribution in [0.2, 0.25) is 5.02 Å². The first-order chi connectivity index (χ1) is 16.3. The number of carbonyl (C=O) groups excluding carboxylic acids is 1. The van der Waals surface area contributed by atoms with Crippen molar-refractivity contribution in [3.63, 3.8) is 0 Å². The zero-order chi connectivity index (χ0) is 24.2. The summed E-state index contributed by atoms with van der Waals surface area (Å²) in [5.74, 6) is -0.338. The van der Waals surface area contributed by atoms with E-state index in [4.69, 9.17) is 11.6 Å². The Bertz CT molecular complexity index is 1210. The molecular formula is C25H27ClFN5O2. The summed E-state index contributed by atoms with van der Waals surface area (Å²) in [6, 6.07) is 15.1. The second-order valence-corrected chi connectivity index (χ2v) is 8.80. The molecule has 34 heavy (non-hydrogen) atoms.